The minimum Gasteiger partial charge on any atom is -0.316 e. The Labute approximate surface area is 164 Å². The van der Waals surface area contributed by atoms with Gasteiger partial charge in [0.1, 0.15) is 0 Å². The topological polar surface area (TPSA) is 58.2 Å². The van der Waals surface area contributed by atoms with Crippen LogP contribution in [0.25, 0.3) is 0 Å². The Kier molecular flexibility index (Phi) is 8.45. The monoisotopic (exact) mass is 398 g/mol. The molecule has 0 bridgehead atoms. The van der Waals surface area contributed by atoms with Crippen molar-refractivity contribution >= 4 is 21.8 Å². The quantitative estimate of drug-likeness (QED) is 0.622. The van der Waals surface area contributed by atoms with E-state index in [2.05, 4.69) is 40.4 Å². The summed E-state index contributed by atoms with van der Waals surface area (Å²) in [7, 11) is -3.23. The lowest BCUT2D eigenvalue weighted by Crippen LogP contribution is -2.46. The van der Waals surface area contributed by atoms with Gasteiger partial charge in [0.2, 0.25) is 10.0 Å². The first-order valence-electron chi connectivity index (χ1n) is 9.62. The van der Waals surface area contributed by atoms with Crippen molar-refractivity contribution < 1.29 is 8.42 Å². The molecule has 1 aromatic carbocycles. The first-order valence-corrected chi connectivity index (χ1v) is 12.3. The number of benzene rings is 1. The van der Waals surface area contributed by atoms with Crippen LogP contribution in [0, 0.1) is 5.92 Å². The van der Waals surface area contributed by atoms with Crippen molar-refractivity contribution in [1.82, 2.24) is 10.0 Å². The van der Waals surface area contributed by atoms with Gasteiger partial charge in [0, 0.05) is 24.1 Å². The normalized spacial score (nSPS) is 21.7. The Morgan fingerprint density at radius 2 is 1.73 bits per heavy atom. The van der Waals surface area contributed by atoms with E-state index in [4.69, 9.17) is 0 Å². The molecule has 0 saturated heterocycles. The Morgan fingerprint density at radius 3 is 2.35 bits per heavy atom. The highest BCUT2D eigenvalue weighted by Crippen LogP contribution is 2.25. The summed E-state index contributed by atoms with van der Waals surface area (Å²) in [5.74, 6) is 2.86. The van der Waals surface area contributed by atoms with Gasteiger partial charge in [-0.2, -0.15) is 11.8 Å². The summed E-state index contributed by atoms with van der Waals surface area (Å²) < 4.78 is 26.7. The maximum Gasteiger partial charge on any atom is 0.216 e. The summed E-state index contributed by atoms with van der Waals surface area (Å²) in [6, 6.07) is 10.7. The molecule has 0 unspecified atom stereocenters. The fourth-order valence-electron chi connectivity index (χ4n) is 3.10. The van der Waals surface area contributed by atoms with Crippen LogP contribution in [0.4, 0.5) is 0 Å². The molecule has 0 aromatic heterocycles. The van der Waals surface area contributed by atoms with Crippen molar-refractivity contribution in [2.45, 2.75) is 63.0 Å². The minimum atomic E-state index is -3.23. The number of nitrogens with one attached hydrogen (secondary N) is 2. The van der Waals surface area contributed by atoms with Gasteiger partial charge in [-0.1, -0.05) is 30.3 Å². The zero-order valence-corrected chi connectivity index (χ0v) is 18.0. The lowest BCUT2D eigenvalue weighted by atomic mass is 9.86. The third-order valence-electron chi connectivity index (χ3n) is 4.94. The minimum absolute atomic E-state index is 0.108. The Balaban J connectivity index is 1.55. The van der Waals surface area contributed by atoms with E-state index in [1.54, 1.807) is 20.8 Å². The molecule has 0 radical (unpaired) electrons. The van der Waals surface area contributed by atoms with Crippen molar-refractivity contribution in [1.29, 1.82) is 0 Å². The summed E-state index contributed by atoms with van der Waals surface area (Å²) in [4.78, 5) is 0. The summed E-state index contributed by atoms with van der Waals surface area (Å²) in [5.41, 5.74) is 1.38. The number of thioether (sulfide) groups is 1. The molecular weight excluding hydrogens is 364 g/mol. The molecule has 1 aromatic rings. The van der Waals surface area contributed by atoms with Gasteiger partial charge >= 0.3 is 0 Å². The van der Waals surface area contributed by atoms with Crippen LogP contribution in [0.3, 0.4) is 0 Å². The molecule has 2 rings (SSSR count). The highest BCUT2D eigenvalue weighted by Gasteiger charge is 2.32. The summed E-state index contributed by atoms with van der Waals surface area (Å²) >= 11 is 1.96. The fourth-order valence-corrected chi connectivity index (χ4v) is 4.98. The average molecular weight is 399 g/mol. The molecule has 148 valence electrons. The van der Waals surface area contributed by atoms with Gasteiger partial charge in [-0.05, 0) is 64.5 Å². The molecule has 1 aliphatic rings. The van der Waals surface area contributed by atoms with E-state index in [-0.39, 0.29) is 6.04 Å². The number of hydrogen-bond acceptors (Lipinski definition) is 4. The molecular formula is C20H34N2O2S2. The first kappa shape index (κ1) is 21.7. The zero-order chi connectivity index (χ0) is 19.0. The molecule has 4 nitrogen and oxygen atoms in total. The third kappa shape index (κ3) is 7.22. The first-order chi connectivity index (χ1) is 12.3. The second kappa shape index (κ2) is 10.1. The van der Waals surface area contributed by atoms with E-state index in [1.807, 2.05) is 11.8 Å². The number of rotatable bonds is 9. The predicted molar refractivity (Wildman–Crippen MR) is 113 cm³/mol. The molecule has 1 fully saturated rings. The van der Waals surface area contributed by atoms with Crippen LogP contribution < -0.4 is 10.0 Å². The van der Waals surface area contributed by atoms with E-state index in [1.165, 1.54) is 5.56 Å². The second-order valence-electron chi connectivity index (χ2n) is 8.19. The van der Waals surface area contributed by atoms with Crippen LogP contribution in [0.2, 0.25) is 0 Å². The van der Waals surface area contributed by atoms with Gasteiger partial charge in [0.25, 0.3) is 0 Å². The highest BCUT2D eigenvalue weighted by molar-refractivity contribution is 7.98. The van der Waals surface area contributed by atoms with E-state index < -0.39 is 14.8 Å². The van der Waals surface area contributed by atoms with Crippen molar-refractivity contribution in [2.24, 2.45) is 5.92 Å². The van der Waals surface area contributed by atoms with Gasteiger partial charge in [-0.25, -0.2) is 13.1 Å². The Bertz CT molecular complexity index is 619. The van der Waals surface area contributed by atoms with Crippen molar-refractivity contribution in [3.05, 3.63) is 35.9 Å². The molecule has 0 heterocycles. The van der Waals surface area contributed by atoms with Gasteiger partial charge in [0.05, 0.1) is 4.75 Å². The van der Waals surface area contributed by atoms with Gasteiger partial charge in [-0.15, -0.1) is 0 Å². The van der Waals surface area contributed by atoms with Crippen LogP contribution >= 0.6 is 11.8 Å². The standard InChI is InChI=1S/C20H34N2O2S2/c1-20(2,3)26(23,24)22-19-11-9-17(10-12-19)15-21-13-14-25-16-18-7-5-4-6-8-18/h4-8,17,19,21-22H,9-16H2,1-3H3. The predicted octanol–water partition coefficient (Wildman–Crippen LogP) is 3.79. The van der Waals surface area contributed by atoms with Crippen LogP contribution in [0.15, 0.2) is 30.3 Å². The van der Waals surface area contributed by atoms with E-state index in [0.717, 1.165) is 50.3 Å². The highest BCUT2D eigenvalue weighted by atomic mass is 32.2. The van der Waals surface area contributed by atoms with Gasteiger partial charge < -0.3 is 5.32 Å². The second-order valence-corrected chi connectivity index (χ2v) is 11.8. The number of hydrogen-bond donors (Lipinski definition) is 2. The SMILES string of the molecule is CC(C)(C)S(=O)(=O)NC1CCC(CNCCSCc2ccccc2)CC1. The zero-order valence-electron chi connectivity index (χ0n) is 16.3. The Hall–Kier alpha value is -0.560. The van der Waals surface area contributed by atoms with Gasteiger partial charge in [0.15, 0.2) is 0 Å². The molecule has 6 heteroatoms. The molecule has 0 amide bonds. The van der Waals surface area contributed by atoms with Crippen LogP contribution in [0.1, 0.15) is 52.0 Å². The maximum atomic E-state index is 12.3. The van der Waals surface area contributed by atoms with Crippen molar-refractivity contribution in [3.8, 4) is 0 Å². The molecule has 0 spiro atoms. The molecule has 26 heavy (non-hydrogen) atoms. The average Bonchev–Trinajstić information content (AvgIpc) is 2.59. The summed E-state index contributed by atoms with van der Waals surface area (Å²) in [6.07, 6.45) is 4.10. The van der Waals surface area contributed by atoms with E-state index >= 15 is 0 Å². The van der Waals surface area contributed by atoms with E-state index in [9.17, 15) is 8.42 Å². The molecule has 1 saturated carbocycles. The van der Waals surface area contributed by atoms with Crippen LogP contribution in [0.5, 0.6) is 0 Å². The fraction of sp³-hybridized carbons (Fsp3) is 0.700. The largest absolute Gasteiger partial charge is 0.316 e. The Morgan fingerprint density at radius 1 is 1.08 bits per heavy atom. The molecule has 0 atom stereocenters. The third-order valence-corrected chi connectivity index (χ3v) is 8.23. The van der Waals surface area contributed by atoms with Crippen LogP contribution in [-0.4, -0.2) is 38.0 Å². The smallest absolute Gasteiger partial charge is 0.216 e. The molecule has 2 N–H and O–H groups in total. The lowest BCUT2D eigenvalue weighted by Gasteiger charge is -2.31. The number of sulfonamides is 1. The lowest BCUT2D eigenvalue weighted by molar-refractivity contribution is 0.303. The molecule has 1 aliphatic carbocycles. The van der Waals surface area contributed by atoms with Crippen LogP contribution in [-0.2, 0) is 15.8 Å². The van der Waals surface area contributed by atoms with Crippen molar-refractivity contribution in [2.75, 3.05) is 18.8 Å². The van der Waals surface area contributed by atoms with Crippen molar-refractivity contribution in [3.63, 3.8) is 0 Å². The maximum absolute atomic E-state index is 12.3. The van der Waals surface area contributed by atoms with Gasteiger partial charge in [-0.3, -0.25) is 0 Å². The molecule has 0 aliphatic heterocycles. The van der Waals surface area contributed by atoms with E-state index in [0.29, 0.717) is 5.92 Å². The summed E-state index contributed by atoms with van der Waals surface area (Å²) in [6.45, 7) is 7.33. The summed E-state index contributed by atoms with van der Waals surface area (Å²) in [5, 5.41) is 3.57.